The maximum Gasteiger partial charge on any atom is 0.124 e. The summed E-state index contributed by atoms with van der Waals surface area (Å²) < 4.78 is 12.4. The fourth-order valence-corrected chi connectivity index (χ4v) is 2.14. The van der Waals surface area contributed by atoms with Gasteiger partial charge in [-0.3, -0.25) is 0 Å². The first-order valence-corrected chi connectivity index (χ1v) is 6.09. The summed E-state index contributed by atoms with van der Waals surface area (Å²) in [6, 6.07) is 5.67. The van der Waals surface area contributed by atoms with Crippen LogP contribution < -0.4 is 15.2 Å². The minimum atomic E-state index is 0.485. The van der Waals surface area contributed by atoms with E-state index in [2.05, 4.69) is 5.10 Å². The molecule has 102 valence electrons. The van der Waals surface area contributed by atoms with Crippen molar-refractivity contribution < 1.29 is 9.47 Å². The van der Waals surface area contributed by atoms with Gasteiger partial charge < -0.3 is 15.2 Å². The van der Waals surface area contributed by atoms with Gasteiger partial charge in [0.25, 0.3) is 0 Å². The van der Waals surface area contributed by atoms with Crippen LogP contribution in [0.4, 0.5) is 0 Å². The molecule has 0 saturated carbocycles. The number of aromatic nitrogens is 2. The van der Waals surface area contributed by atoms with Crippen LogP contribution in [0.1, 0.15) is 17.0 Å². The van der Waals surface area contributed by atoms with Crippen LogP contribution >= 0.6 is 0 Å². The fourth-order valence-electron chi connectivity index (χ4n) is 2.14. The number of hydrogen-bond acceptors (Lipinski definition) is 4. The number of aryl methyl sites for hydroxylation is 1. The van der Waals surface area contributed by atoms with E-state index in [-0.39, 0.29) is 0 Å². The van der Waals surface area contributed by atoms with Crippen LogP contribution in [0.15, 0.2) is 18.2 Å². The van der Waals surface area contributed by atoms with Crippen LogP contribution in [0.5, 0.6) is 11.5 Å². The van der Waals surface area contributed by atoms with Crippen molar-refractivity contribution in [3.8, 4) is 17.2 Å². The number of hydrogen-bond donors (Lipinski definition) is 1. The van der Waals surface area contributed by atoms with Gasteiger partial charge in [-0.15, -0.1) is 0 Å². The molecule has 0 aliphatic carbocycles. The zero-order valence-electron chi connectivity index (χ0n) is 11.7. The molecule has 5 heteroatoms. The lowest BCUT2D eigenvalue weighted by Gasteiger charge is -2.10. The molecule has 0 saturated heterocycles. The molecular formula is C14H19N3O2. The minimum absolute atomic E-state index is 0.485. The lowest BCUT2D eigenvalue weighted by atomic mass is 10.2. The summed E-state index contributed by atoms with van der Waals surface area (Å²) >= 11 is 0. The summed E-state index contributed by atoms with van der Waals surface area (Å²) in [5.41, 5.74) is 9.71. The molecule has 0 bridgehead atoms. The van der Waals surface area contributed by atoms with E-state index in [1.54, 1.807) is 14.2 Å². The molecule has 2 aromatic rings. The molecule has 1 aromatic heterocycles. The van der Waals surface area contributed by atoms with Gasteiger partial charge in [0.15, 0.2) is 0 Å². The van der Waals surface area contributed by atoms with Crippen LogP contribution in [0.2, 0.25) is 0 Å². The van der Waals surface area contributed by atoms with E-state index in [1.165, 1.54) is 0 Å². The number of benzene rings is 1. The molecule has 2 rings (SSSR count). The van der Waals surface area contributed by atoms with Crippen molar-refractivity contribution in [2.24, 2.45) is 5.73 Å². The standard InChI is InChI=1S/C14H19N3O2/c1-9-14(8-15)10(2)17(16-9)11-5-12(18-3)7-13(6-11)19-4/h5-7H,8,15H2,1-4H3. The number of nitrogens with two attached hydrogens (primary N) is 1. The third-order valence-corrected chi connectivity index (χ3v) is 3.23. The summed E-state index contributed by atoms with van der Waals surface area (Å²) in [5, 5.41) is 4.53. The maximum absolute atomic E-state index is 5.75. The molecule has 1 aromatic carbocycles. The van der Waals surface area contributed by atoms with Crippen molar-refractivity contribution in [2.75, 3.05) is 14.2 Å². The van der Waals surface area contributed by atoms with E-state index in [4.69, 9.17) is 15.2 Å². The van der Waals surface area contributed by atoms with Gasteiger partial charge in [-0.1, -0.05) is 0 Å². The van der Waals surface area contributed by atoms with Crippen molar-refractivity contribution in [1.29, 1.82) is 0 Å². The Bertz CT molecular complexity index is 568. The predicted octanol–water partition coefficient (Wildman–Crippen LogP) is 1.97. The van der Waals surface area contributed by atoms with E-state index in [1.807, 2.05) is 36.7 Å². The van der Waals surface area contributed by atoms with Crippen molar-refractivity contribution in [2.45, 2.75) is 20.4 Å². The fraction of sp³-hybridized carbons (Fsp3) is 0.357. The van der Waals surface area contributed by atoms with E-state index >= 15 is 0 Å². The highest BCUT2D eigenvalue weighted by Gasteiger charge is 2.13. The van der Waals surface area contributed by atoms with E-state index in [9.17, 15) is 0 Å². The highest BCUT2D eigenvalue weighted by Crippen LogP contribution is 2.26. The second-order valence-corrected chi connectivity index (χ2v) is 4.34. The van der Waals surface area contributed by atoms with Gasteiger partial charge in [0, 0.05) is 36.0 Å². The molecule has 19 heavy (non-hydrogen) atoms. The Morgan fingerprint density at radius 1 is 1.11 bits per heavy atom. The number of nitrogens with zero attached hydrogens (tertiary/aromatic N) is 2. The molecule has 0 radical (unpaired) electrons. The molecule has 5 nitrogen and oxygen atoms in total. The molecule has 0 aliphatic rings. The average molecular weight is 261 g/mol. The second kappa shape index (κ2) is 5.32. The summed E-state index contributed by atoms with van der Waals surface area (Å²) in [4.78, 5) is 0. The average Bonchev–Trinajstić information content (AvgIpc) is 2.72. The number of ether oxygens (including phenoxy) is 2. The molecule has 1 heterocycles. The highest BCUT2D eigenvalue weighted by molar-refractivity contribution is 5.47. The van der Waals surface area contributed by atoms with Gasteiger partial charge in [0.1, 0.15) is 11.5 Å². The van der Waals surface area contributed by atoms with E-state index in [0.29, 0.717) is 6.54 Å². The summed E-state index contributed by atoms with van der Waals surface area (Å²) in [5.74, 6) is 1.47. The monoisotopic (exact) mass is 261 g/mol. The Morgan fingerprint density at radius 2 is 1.68 bits per heavy atom. The van der Waals surface area contributed by atoms with Crippen LogP contribution in [-0.2, 0) is 6.54 Å². The zero-order chi connectivity index (χ0) is 14.0. The minimum Gasteiger partial charge on any atom is -0.497 e. The van der Waals surface area contributed by atoms with Gasteiger partial charge >= 0.3 is 0 Å². The zero-order valence-corrected chi connectivity index (χ0v) is 11.7. The molecule has 0 fully saturated rings. The Balaban J connectivity index is 2.58. The lowest BCUT2D eigenvalue weighted by Crippen LogP contribution is -2.02. The van der Waals surface area contributed by atoms with Crippen molar-refractivity contribution in [3.63, 3.8) is 0 Å². The van der Waals surface area contributed by atoms with Gasteiger partial charge in [-0.25, -0.2) is 4.68 Å². The second-order valence-electron chi connectivity index (χ2n) is 4.34. The highest BCUT2D eigenvalue weighted by atomic mass is 16.5. The molecule has 2 N–H and O–H groups in total. The Kier molecular flexibility index (Phi) is 3.76. The molecule has 0 aliphatic heterocycles. The quantitative estimate of drug-likeness (QED) is 0.914. The van der Waals surface area contributed by atoms with E-state index < -0.39 is 0 Å². The van der Waals surface area contributed by atoms with E-state index in [0.717, 1.165) is 34.1 Å². The summed E-state index contributed by atoms with van der Waals surface area (Å²) in [6.45, 7) is 4.45. The molecule has 0 atom stereocenters. The summed E-state index contributed by atoms with van der Waals surface area (Å²) in [6.07, 6.45) is 0. The third kappa shape index (κ3) is 2.42. The molecule has 0 spiro atoms. The van der Waals surface area contributed by atoms with Gasteiger partial charge in [-0.05, 0) is 13.8 Å². The normalized spacial score (nSPS) is 10.6. The smallest absolute Gasteiger partial charge is 0.124 e. The van der Waals surface area contributed by atoms with Gasteiger partial charge in [0.2, 0.25) is 0 Å². The van der Waals surface area contributed by atoms with Crippen molar-refractivity contribution in [3.05, 3.63) is 35.2 Å². The maximum atomic E-state index is 5.75. The first-order valence-electron chi connectivity index (χ1n) is 6.09. The topological polar surface area (TPSA) is 62.3 Å². The Morgan fingerprint density at radius 3 is 2.11 bits per heavy atom. The van der Waals surface area contributed by atoms with Crippen molar-refractivity contribution >= 4 is 0 Å². The predicted molar refractivity (Wildman–Crippen MR) is 74.0 cm³/mol. The lowest BCUT2D eigenvalue weighted by molar-refractivity contribution is 0.394. The van der Waals surface area contributed by atoms with Crippen LogP contribution in [0.25, 0.3) is 5.69 Å². The summed E-state index contributed by atoms with van der Waals surface area (Å²) in [7, 11) is 3.26. The van der Waals surface area contributed by atoms with Crippen LogP contribution in [0.3, 0.4) is 0 Å². The number of rotatable bonds is 4. The Hall–Kier alpha value is -2.01. The molecular weight excluding hydrogens is 242 g/mol. The van der Waals surface area contributed by atoms with Gasteiger partial charge in [0.05, 0.1) is 25.6 Å². The number of methoxy groups -OCH3 is 2. The SMILES string of the molecule is COc1cc(OC)cc(-n2nc(C)c(CN)c2C)c1. The first kappa shape index (κ1) is 13.4. The largest absolute Gasteiger partial charge is 0.497 e. The van der Waals surface area contributed by atoms with Crippen molar-refractivity contribution in [1.82, 2.24) is 9.78 Å². The molecule has 0 unspecified atom stereocenters. The van der Waals surface area contributed by atoms with Crippen LogP contribution in [0, 0.1) is 13.8 Å². The third-order valence-electron chi connectivity index (χ3n) is 3.23. The van der Waals surface area contributed by atoms with Gasteiger partial charge in [-0.2, -0.15) is 5.10 Å². The molecule has 0 amide bonds. The van der Waals surface area contributed by atoms with Crippen LogP contribution in [-0.4, -0.2) is 24.0 Å². The first-order chi connectivity index (χ1) is 9.10. The Labute approximate surface area is 112 Å².